The smallest absolute Gasteiger partial charge is 0.337 e. The fourth-order valence-corrected chi connectivity index (χ4v) is 1.87. The molecule has 1 aliphatic heterocycles. The van der Waals surface area contributed by atoms with Crippen LogP contribution in [-0.4, -0.2) is 32.2 Å². The standard InChI is InChI=1S/C12H16N2O2/c1-16-12(15)9-3-2-4-10(7-9)14-11-5-6-13-8-11/h2-4,7,11,13-14H,5-6,8H2,1H3. The predicted molar refractivity (Wildman–Crippen MR) is 62.7 cm³/mol. The highest BCUT2D eigenvalue weighted by atomic mass is 16.5. The van der Waals surface area contributed by atoms with E-state index in [9.17, 15) is 4.79 Å². The van der Waals surface area contributed by atoms with Crippen LogP contribution in [0, 0.1) is 0 Å². The molecule has 1 aromatic carbocycles. The van der Waals surface area contributed by atoms with E-state index in [0.29, 0.717) is 11.6 Å². The molecule has 2 rings (SSSR count). The average molecular weight is 220 g/mol. The van der Waals surface area contributed by atoms with Gasteiger partial charge in [0.05, 0.1) is 12.7 Å². The van der Waals surface area contributed by atoms with Crippen molar-refractivity contribution in [3.05, 3.63) is 29.8 Å². The Balaban J connectivity index is 2.06. The van der Waals surface area contributed by atoms with Crippen LogP contribution in [0.25, 0.3) is 0 Å². The van der Waals surface area contributed by atoms with E-state index in [-0.39, 0.29) is 5.97 Å². The fourth-order valence-electron chi connectivity index (χ4n) is 1.87. The number of rotatable bonds is 3. The van der Waals surface area contributed by atoms with Crippen molar-refractivity contribution in [3.63, 3.8) is 0 Å². The van der Waals surface area contributed by atoms with Crippen LogP contribution in [0.2, 0.25) is 0 Å². The van der Waals surface area contributed by atoms with Gasteiger partial charge in [0.2, 0.25) is 0 Å². The van der Waals surface area contributed by atoms with E-state index >= 15 is 0 Å². The summed E-state index contributed by atoms with van der Waals surface area (Å²) in [7, 11) is 1.39. The van der Waals surface area contributed by atoms with Gasteiger partial charge in [-0.05, 0) is 31.2 Å². The van der Waals surface area contributed by atoms with Gasteiger partial charge in [0, 0.05) is 18.3 Å². The molecule has 0 saturated carbocycles. The summed E-state index contributed by atoms with van der Waals surface area (Å²) in [5.74, 6) is -0.298. The summed E-state index contributed by atoms with van der Waals surface area (Å²) in [6.45, 7) is 2.02. The van der Waals surface area contributed by atoms with Gasteiger partial charge in [0.25, 0.3) is 0 Å². The van der Waals surface area contributed by atoms with Crippen LogP contribution in [0.3, 0.4) is 0 Å². The summed E-state index contributed by atoms with van der Waals surface area (Å²) >= 11 is 0. The Labute approximate surface area is 95.0 Å². The molecule has 1 heterocycles. The molecule has 1 fully saturated rings. The number of anilines is 1. The normalized spacial score (nSPS) is 19.4. The minimum absolute atomic E-state index is 0.298. The Bertz CT molecular complexity index is 373. The predicted octanol–water partition coefficient (Wildman–Crippen LogP) is 1.25. The van der Waals surface area contributed by atoms with Crippen LogP contribution >= 0.6 is 0 Å². The van der Waals surface area contributed by atoms with E-state index in [4.69, 9.17) is 0 Å². The van der Waals surface area contributed by atoms with Crippen LogP contribution in [0.1, 0.15) is 16.8 Å². The number of hydrogen-bond acceptors (Lipinski definition) is 4. The van der Waals surface area contributed by atoms with Crippen LogP contribution in [0.4, 0.5) is 5.69 Å². The maximum absolute atomic E-state index is 11.3. The molecule has 1 unspecified atom stereocenters. The molecule has 1 atom stereocenters. The number of methoxy groups -OCH3 is 1. The number of carbonyl (C=O) groups is 1. The van der Waals surface area contributed by atoms with E-state index in [1.165, 1.54) is 7.11 Å². The van der Waals surface area contributed by atoms with Gasteiger partial charge in [-0.2, -0.15) is 0 Å². The summed E-state index contributed by atoms with van der Waals surface area (Å²) in [6, 6.07) is 7.85. The third kappa shape index (κ3) is 2.52. The fraction of sp³-hybridized carbons (Fsp3) is 0.417. The lowest BCUT2D eigenvalue weighted by atomic mass is 10.2. The molecule has 4 nitrogen and oxygen atoms in total. The SMILES string of the molecule is COC(=O)c1cccc(NC2CCNC2)c1. The first kappa shape index (κ1) is 11.0. The molecule has 0 spiro atoms. The number of carbonyl (C=O) groups excluding carboxylic acids is 1. The van der Waals surface area contributed by atoms with Gasteiger partial charge >= 0.3 is 5.97 Å². The van der Waals surface area contributed by atoms with Crippen molar-refractivity contribution in [2.24, 2.45) is 0 Å². The Morgan fingerprint density at radius 3 is 3.12 bits per heavy atom. The second-order valence-corrected chi connectivity index (χ2v) is 3.91. The third-order valence-corrected chi connectivity index (χ3v) is 2.71. The Hall–Kier alpha value is -1.55. The molecule has 4 heteroatoms. The van der Waals surface area contributed by atoms with Gasteiger partial charge in [-0.1, -0.05) is 6.07 Å². The van der Waals surface area contributed by atoms with Gasteiger partial charge < -0.3 is 15.4 Å². The minimum Gasteiger partial charge on any atom is -0.465 e. The van der Waals surface area contributed by atoms with Crippen molar-refractivity contribution in [2.45, 2.75) is 12.5 Å². The first-order valence-electron chi connectivity index (χ1n) is 5.45. The van der Waals surface area contributed by atoms with Gasteiger partial charge in [-0.15, -0.1) is 0 Å². The first-order chi connectivity index (χ1) is 7.79. The van der Waals surface area contributed by atoms with Gasteiger partial charge in [-0.25, -0.2) is 4.79 Å². The molecule has 0 radical (unpaired) electrons. The molecule has 0 aromatic heterocycles. The molecule has 16 heavy (non-hydrogen) atoms. The second-order valence-electron chi connectivity index (χ2n) is 3.91. The Kier molecular flexibility index (Phi) is 3.41. The molecular weight excluding hydrogens is 204 g/mol. The van der Waals surface area contributed by atoms with Crippen molar-refractivity contribution in [1.29, 1.82) is 0 Å². The molecule has 0 aliphatic carbocycles. The van der Waals surface area contributed by atoms with E-state index in [1.807, 2.05) is 18.2 Å². The van der Waals surface area contributed by atoms with E-state index in [2.05, 4.69) is 15.4 Å². The van der Waals surface area contributed by atoms with Gasteiger partial charge in [0.1, 0.15) is 0 Å². The van der Waals surface area contributed by atoms with Crippen molar-refractivity contribution < 1.29 is 9.53 Å². The zero-order valence-electron chi connectivity index (χ0n) is 9.32. The van der Waals surface area contributed by atoms with Crippen LogP contribution in [-0.2, 0) is 4.74 Å². The summed E-state index contributed by atoms with van der Waals surface area (Å²) < 4.78 is 4.68. The Morgan fingerprint density at radius 2 is 2.44 bits per heavy atom. The monoisotopic (exact) mass is 220 g/mol. The van der Waals surface area contributed by atoms with Crippen molar-refractivity contribution >= 4 is 11.7 Å². The Morgan fingerprint density at radius 1 is 1.56 bits per heavy atom. The first-order valence-corrected chi connectivity index (χ1v) is 5.45. The molecule has 2 N–H and O–H groups in total. The maximum atomic E-state index is 11.3. The molecule has 1 aromatic rings. The van der Waals surface area contributed by atoms with E-state index in [1.54, 1.807) is 6.07 Å². The largest absolute Gasteiger partial charge is 0.465 e. The summed E-state index contributed by atoms with van der Waals surface area (Å²) in [5, 5.41) is 6.68. The quantitative estimate of drug-likeness (QED) is 0.753. The van der Waals surface area contributed by atoms with Gasteiger partial charge in [0.15, 0.2) is 0 Å². The highest BCUT2D eigenvalue weighted by molar-refractivity contribution is 5.90. The van der Waals surface area contributed by atoms with Crippen LogP contribution < -0.4 is 10.6 Å². The summed E-state index contributed by atoms with van der Waals surface area (Å²) in [5.41, 5.74) is 1.55. The average Bonchev–Trinajstić information content (AvgIpc) is 2.81. The molecule has 0 amide bonds. The molecule has 86 valence electrons. The zero-order chi connectivity index (χ0) is 11.4. The lowest BCUT2D eigenvalue weighted by molar-refractivity contribution is 0.0601. The number of ether oxygens (including phenoxy) is 1. The number of nitrogens with one attached hydrogen (secondary N) is 2. The lowest BCUT2D eigenvalue weighted by Gasteiger charge is -2.13. The van der Waals surface area contributed by atoms with E-state index < -0.39 is 0 Å². The minimum atomic E-state index is -0.298. The van der Waals surface area contributed by atoms with E-state index in [0.717, 1.165) is 25.2 Å². The number of esters is 1. The third-order valence-electron chi connectivity index (χ3n) is 2.71. The highest BCUT2D eigenvalue weighted by Gasteiger charge is 2.14. The lowest BCUT2D eigenvalue weighted by Crippen LogP contribution is -2.22. The van der Waals surface area contributed by atoms with Crippen molar-refractivity contribution in [3.8, 4) is 0 Å². The molecule has 1 aliphatic rings. The van der Waals surface area contributed by atoms with Crippen LogP contribution in [0.5, 0.6) is 0 Å². The zero-order valence-corrected chi connectivity index (χ0v) is 9.32. The molecule has 1 saturated heterocycles. The molecular formula is C12H16N2O2. The van der Waals surface area contributed by atoms with Gasteiger partial charge in [-0.3, -0.25) is 0 Å². The summed E-state index contributed by atoms with van der Waals surface area (Å²) in [4.78, 5) is 11.3. The number of benzene rings is 1. The topological polar surface area (TPSA) is 50.4 Å². The van der Waals surface area contributed by atoms with Crippen molar-refractivity contribution in [2.75, 3.05) is 25.5 Å². The van der Waals surface area contributed by atoms with Crippen LogP contribution in [0.15, 0.2) is 24.3 Å². The highest BCUT2D eigenvalue weighted by Crippen LogP contribution is 2.14. The maximum Gasteiger partial charge on any atom is 0.337 e. The van der Waals surface area contributed by atoms with Crippen molar-refractivity contribution in [1.82, 2.24) is 5.32 Å². The molecule has 0 bridgehead atoms. The second kappa shape index (κ2) is 4.99. The summed E-state index contributed by atoms with van der Waals surface area (Å²) in [6.07, 6.45) is 1.11. The number of hydrogen-bond donors (Lipinski definition) is 2.